The summed E-state index contributed by atoms with van der Waals surface area (Å²) >= 11 is 0. The molecule has 1 atom stereocenters. The van der Waals surface area contributed by atoms with Crippen LogP contribution in [0.3, 0.4) is 0 Å². The van der Waals surface area contributed by atoms with Gasteiger partial charge >= 0.3 is 0 Å². The van der Waals surface area contributed by atoms with Gasteiger partial charge < -0.3 is 24.7 Å². The third kappa shape index (κ3) is 2.40. The Hall–Kier alpha value is -3.59. The molecule has 2 aliphatic heterocycles. The predicted octanol–water partition coefficient (Wildman–Crippen LogP) is 3.59. The summed E-state index contributed by atoms with van der Waals surface area (Å²) in [7, 11) is 1.64. The van der Waals surface area contributed by atoms with Crippen LogP contribution in [0.1, 0.15) is 29.0 Å². The number of nitrogens with two attached hydrogens (primary N) is 1. The number of methoxy groups -OCH3 is 1. The first kappa shape index (κ1) is 16.6. The summed E-state index contributed by atoms with van der Waals surface area (Å²) in [5, 5.41) is 9.85. The van der Waals surface area contributed by atoms with Crippen LogP contribution in [0.5, 0.6) is 17.2 Å². The molecular formula is C22H18N2O4. The zero-order chi connectivity index (χ0) is 19.3. The SMILES string of the molecule is COc1ccc2c(c1)C1=C(CC2)OC(N)=C(C#N)[C@@H]1c1ccc2c(c1)OCO2. The monoisotopic (exact) mass is 374 g/mol. The number of fused-ring (bicyclic) bond motifs is 3. The largest absolute Gasteiger partial charge is 0.497 e. The van der Waals surface area contributed by atoms with Gasteiger partial charge in [-0.1, -0.05) is 12.1 Å². The van der Waals surface area contributed by atoms with E-state index in [0.29, 0.717) is 17.1 Å². The van der Waals surface area contributed by atoms with Crippen molar-refractivity contribution in [1.82, 2.24) is 0 Å². The summed E-state index contributed by atoms with van der Waals surface area (Å²) in [5.74, 6) is 2.76. The molecule has 0 saturated heterocycles. The maximum absolute atomic E-state index is 9.85. The topological polar surface area (TPSA) is 86.7 Å². The lowest BCUT2D eigenvalue weighted by molar-refractivity contribution is 0.174. The smallest absolute Gasteiger partial charge is 0.231 e. The van der Waals surface area contributed by atoms with Crippen LogP contribution < -0.4 is 19.9 Å². The highest BCUT2D eigenvalue weighted by Gasteiger charge is 2.37. The summed E-state index contributed by atoms with van der Waals surface area (Å²) in [4.78, 5) is 0. The van der Waals surface area contributed by atoms with E-state index in [-0.39, 0.29) is 18.6 Å². The lowest BCUT2D eigenvalue weighted by atomic mass is 9.75. The molecule has 0 radical (unpaired) electrons. The fraction of sp³-hybridized carbons (Fsp3) is 0.227. The molecule has 3 aliphatic rings. The van der Waals surface area contributed by atoms with Crippen molar-refractivity contribution < 1.29 is 18.9 Å². The summed E-state index contributed by atoms with van der Waals surface area (Å²) in [6.45, 7) is 0.198. The van der Waals surface area contributed by atoms with E-state index >= 15 is 0 Å². The summed E-state index contributed by atoms with van der Waals surface area (Å²) in [6, 6.07) is 14.0. The Kier molecular flexibility index (Phi) is 3.69. The third-order valence-electron chi connectivity index (χ3n) is 5.46. The van der Waals surface area contributed by atoms with Gasteiger partial charge in [-0.05, 0) is 47.4 Å². The molecule has 5 rings (SSSR count). The minimum absolute atomic E-state index is 0.162. The molecule has 2 aromatic rings. The molecule has 2 aromatic carbocycles. The van der Waals surface area contributed by atoms with Gasteiger partial charge in [-0.2, -0.15) is 5.26 Å². The molecule has 0 amide bonds. The lowest BCUT2D eigenvalue weighted by Crippen LogP contribution is -2.23. The van der Waals surface area contributed by atoms with Crippen molar-refractivity contribution in [2.45, 2.75) is 18.8 Å². The van der Waals surface area contributed by atoms with Gasteiger partial charge in [0, 0.05) is 12.0 Å². The maximum Gasteiger partial charge on any atom is 0.231 e. The summed E-state index contributed by atoms with van der Waals surface area (Å²) in [5.41, 5.74) is 10.6. The number of ether oxygens (including phenoxy) is 4. The maximum atomic E-state index is 9.85. The number of hydrogen-bond acceptors (Lipinski definition) is 6. The minimum atomic E-state index is -0.339. The molecule has 0 fully saturated rings. The Morgan fingerprint density at radius 1 is 1.11 bits per heavy atom. The van der Waals surface area contributed by atoms with Crippen LogP contribution >= 0.6 is 0 Å². The van der Waals surface area contributed by atoms with Crippen LogP contribution in [0, 0.1) is 11.3 Å². The second-order valence-electron chi connectivity index (χ2n) is 6.90. The molecule has 6 nitrogen and oxygen atoms in total. The fourth-order valence-electron chi connectivity index (χ4n) is 4.13. The molecule has 28 heavy (non-hydrogen) atoms. The Balaban J connectivity index is 1.72. The number of nitriles is 1. The first-order valence-electron chi connectivity index (χ1n) is 9.07. The first-order valence-corrected chi connectivity index (χ1v) is 9.07. The zero-order valence-corrected chi connectivity index (χ0v) is 15.3. The second kappa shape index (κ2) is 6.24. The van der Waals surface area contributed by atoms with E-state index in [1.165, 1.54) is 5.56 Å². The Labute approximate surface area is 162 Å². The van der Waals surface area contributed by atoms with Gasteiger partial charge in [0.25, 0.3) is 0 Å². The van der Waals surface area contributed by atoms with Gasteiger partial charge in [0.15, 0.2) is 11.5 Å². The molecule has 6 heteroatoms. The van der Waals surface area contributed by atoms with Gasteiger partial charge in [0.05, 0.1) is 13.0 Å². The molecule has 0 saturated carbocycles. The highest BCUT2D eigenvalue weighted by Crippen LogP contribution is 2.50. The second-order valence-corrected chi connectivity index (χ2v) is 6.90. The van der Waals surface area contributed by atoms with E-state index in [4.69, 9.17) is 24.7 Å². The highest BCUT2D eigenvalue weighted by atomic mass is 16.7. The lowest BCUT2D eigenvalue weighted by Gasteiger charge is -2.33. The highest BCUT2D eigenvalue weighted by molar-refractivity contribution is 5.82. The number of aryl methyl sites for hydroxylation is 1. The van der Waals surface area contributed by atoms with Crippen molar-refractivity contribution in [3.63, 3.8) is 0 Å². The first-order chi connectivity index (χ1) is 13.7. The van der Waals surface area contributed by atoms with Gasteiger partial charge in [0.1, 0.15) is 23.2 Å². The number of hydrogen-bond donors (Lipinski definition) is 1. The number of benzene rings is 2. The van der Waals surface area contributed by atoms with Crippen LogP contribution in [0.25, 0.3) is 5.57 Å². The molecule has 1 aliphatic carbocycles. The number of nitrogens with zero attached hydrogens (tertiary/aromatic N) is 1. The van der Waals surface area contributed by atoms with Crippen molar-refractivity contribution in [3.05, 3.63) is 70.3 Å². The average molecular weight is 374 g/mol. The standard InChI is InChI=1S/C22H18N2O4/c1-25-14-5-2-12-3-7-18-21(15(12)9-14)20(16(10-23)22(24)28-18)13-4-6-17-19(8-13)27-11-26-17/h2,4-6,8-9,20H,3,7,11,24H2,1H3/t20-/m0/s1. The quantitative estimate of drug-likeness (QED) is 0.864. The molecule has 0 spiro atoms. The minimum Gasteiger partial charge on any atom is -0.497 e. The number of rotatable bonds is 2. The van der Waals surface area contributed by atoms with Gasteiger partial charge in [0.2, 0.25) is 12.7 Å². The normalized spacial score (nSPS) is 19.5. The number of allylic oxidation sites excluding steroid dienone is 3. The molecule has 0 bridgehead atoms. The third-order valence-corrected chi connectivity index (χ3v) is 5.46. The summed E-state index contributed by atoms with van der Waals surface area (Å²) in [6.07, 6.45) is 1.58. The van der Waals surface area contributed by atoms with Crippen LogP contribution in [0.2, 0.25) is 0 Å². The molecular weight excluding hydrogens is 356 g/mol. The predicted molar refractivity (Wildman–Crippen MR) is 101 cm³/mol. The van der Waals surface area contributed by atoms with E-state index in [2.05, 4.69) is 12.1 Å². The van der Waals surface area contributed by atoms with Crippen LogP contribution in [-0.2, 0) is 11.2 Å². The van der Waals surface area contributed by atoms with Crippen molar-refractivity contribution in [2.75, 3.05) is 13.9 Å². The Morgan fingerprint density at radius 3 is 2.79 bits per heavy atom. The Morgan fingerprint density at radius 2 is 1.96 bits per heavy atom. The van der Waals surface area contributed by atoms with E-state index in [0.717, 1.165) is 41.1 Å². The molecule has 0 aromatic heterocycles. The van der Waals surface area contributed by atoms with Gasteiger partial charge in [-0.3, -0.25) is 0 Å². The van der Waals surface area contributed by atoms with E-state index < -0.39 is 0 Å². The van der Waals surface area contributed by atoms with Crippen molar-refractivity contribution >= 4 is 5.57 Å². The van der Waals surface area contributed by atoms with Crippen molar-refractivity contribution in [3.8, 4) is 23.3 Å². The zero-order valence-electron chi connectivity index (χ0n) is 15.3. The fourth-order valence-corrected chi connectivity index (χ4v) is 4.13. The molecule has 2 heterocycles. The molecule has 0 unspecified atom stereocenters. The van der Waals surface area contributed by atoms with Gasteiger partial charge in [-0.15, -0.1) is 0 Å². The van der Waals surface area contributed by atoms with Crippen molar-refractivity contribution in [1.29, 1.82) is 5.26 Å². The van der Waals surface area contributed by atoms with Crippen molar-refractivity contribution in [2.24, 2.45) is 5.73 Å². The molecule has 140 valence electrons. The van der Waals surface area contributed by atoms with Crippen LogP contribution in [0.15, 0.2) is 53.6 Å². The Bertz CT molecular complexity index is 1090. The summed E-state index contributed by atoms with van der Waals surface area (Å²) < 4.78 is 22.3. The van der Waals surface area contributed by atoms with E-state index in [9.17, 15) is 5.26 Å². The van der Waals surface area contributed by atoms with E-state index in [1.807, 2.05) is 30.3 Å². The van der Waals surface area contributed by atoms with E-state index in [1.54, 1.807) is 7.11 Å². The van der Waals surface area contributed by atoms with Crippen LogP contribution in [0.4, 0.5) is 0 Å². The average Bonchev–Trinajstić information content (AvgIpc) is 3.19. The van der Waals surface area contributed by atoms with Gasteiger partial charge in [-0.25, -0.2) is 0 Å². The van der Waals surface area contributed by atoms with Crippen LogP contribution in [-0.4, -0.2) is 13.9 Å². The molecule has 2 N–H and O–H groups in total.